The Morgan fingerprint density at radius 2 is 1.89 bits per heavy atom. The Kier molecular flexibility index (Phi) is 6.20. The van der Waals surface area contributed by atoms with E-state index in [1.807, 2.05) is 6.92 Å². The van der Waals surface area contributed by atoms with E-state index in [0.717, 1.165) is 0 Å². The summed E-state index contributed by atoms with van der Waals surface area (Å²) >= 11 is 17.6. The average molecular weight is 326 g/mol. The van der Waals surface area contributed by atoms with Gasteiger partial charge in [0.2, 0.25) is 0 Å². The molecule has 0 aliphatic heterocycles. The van der Waals surface area contributed by atoms with E-state index in [1.54, 1.807) is 7.05 Å². The first-order chi connectivity index (χ1) is 8.86. The summed E-state index contributed by atoms with van der Waals surface area (Å²) in [5.74, 6) is 0.123. The van der Waals surface area contributed by atoms with Crippen molar-refractivity contribution in [2.75, 3.05) is 20.2 Å². The van der Waals surface area contributed by atoms with Gasteiger partial charge in [-0.1, -0.05) is 34.8 Å². The Labute approximate surface area is 127 Å². The highest BCUT2D eigenvalue weighted by molar-refractivity contribution is 6.43. The van der Waals surface area contributed by atoms with Crippen LogP contribution in [0.25, 0.3) is 0 Å². The quantitative estimate of drug-likeness (QED) is 0.847. The van der Waals surface area contributed by atoms with E-state index < -0.39 is 0 Å². The Hall–Kier alpha value is -0.680. The molecule has 0 saturated heterocycles. The van der Waals surface area contributed by atoms with E-state index in [-0.39, 0.29) is 18.6 Å². The molecule has 0 spiro atoms. The molecule has 1 aromatic carbocycles. The first-order valence-corrected chi connectivity index (χ1v) is 6.73. The van der Waals surface area contributed by atoms with Gasteiger partial charge in [0.1, 0.15) is 5.75 Å². The van der Waals surface area contributed by atoms with Crippen molar-refractivity contribution < 1.29 is 9.53 Å². The van der Waals surface area contributed by atoms with E-state index >= 15 is 0 Å². The van der Waals surface area contributed by atoms with E-state index in [1.165, 1.54) is 17.0 Å². The van der Waals surface area contributed by atoms with Crippen LogP contribution in [0, 0.1) is 0 Å². The number of carbonyl (C=O) groups is 1. The molecule has 0 fully saturated rings. The van der Waals surface area contributed by atoms with E-state index in [2.05, 4.69) is 0 Å². The number of halogens is 3. The first kappa shape index (κ1) is 16.4. The summed E-state index contributed by atoms with van der Waals surface area (Å²) in [6.45, 7) is 2.10. The molecule has 7 heteroatoms. The van der Waals surface area contributed by atoms with E-state index in [4.69, 9.17) is 45.3 Å². The summed E-state index contributed by atoms with van der Waals surface area (Å²) in [7, 11) is 1.67. The van der Waals surface area contributed by atoms with Crippen molar-refractivity contribution in [3.8, 4) is 5.75 Å². The Balaban J connectivity index is 2.67. The first-order valence-electron chi connectivity index (χ1n) is 5.59. The second-order valence-corrected chi connectivity index (χ2v) is 5.30. The molecule has 2 N–H and O–H groups in total. The number of rotatable bonds is 5. The lowest BCUT2D eigenvalue weighted by atomic mass is 10.3. The molecule has 19 heavy (non-hydrogen) atoms. The molecule has 106 valence electrons. The SMILES string of the molecule is CC(CN)N(C)C(=O)COc1cc(Cl)c(Cl)cc1Cl. The number of amides is 1. The zero-order valence-corrected chi connectivity index (χ0v) is 12.9. The molecule has 0 aliphatic rings. The molecule has 1 rings (SSSR count). The summed E-state index contributed by atoms with van der Waals surface area (Å²) < 4.78 is 5.34. The van der Waals surface area contributed by atoms with Gasteiger partial charge in [-0.05, 0) is 13.0 Å². The van der Waals surface area contributed by atoms with Crippen LogP contribution in [-0.2, 0) is 4.79 Å². The van der Waals surface area contributed by atoms with Gasteiger partial charge in [0.25, 0.3) is 5.91 Å². The molecule has 0 aromatic heterocycles. The zero-order valence-electron chi connectivity index (χ0n) is 10.6. The molecule has 1 atom stereocenters. The van der Waals surface area contributed by atoms with Gasteiger partial charge in [0.15, 0.2) is 6.61 Å². The molecule has 0 aliphatic carbocycles. The summed E-state index contributed by atoms with van der Waals surface area (Å²) in [6, 6.07) is 2.89. The van der Waals surface area contributed by atoms with Crippen LogP contribution >= 0.6 is 34.8 Å². The molecule has 1 unspecified atom stereocenters. The normalized spacial score (nSPS) is 12.1. The monoisotopic (exact) mass is 324 g/mol. The molecule has 0 radical (unpaired) electrons. The Morgan fingerprint density at radius 3 is 2.47 bits per heavy atom. The van der Waals surface area contributed by atoms with Gasteiger partial charge in [0, 0.05) is 25.7 Å². The maximum Gasteiger partial charge on any atom is 0.260 e. The lowest BCUT2D eigenvalue weighted by Gasteiger charge is -2.23. The van der Waals surface area contributed by atoms with Crippen molar-refractivity contribution in [3.05, 3.63) is 27.2 Å². The summed E-state index contributed by atoms with van der Waals surface area (Å²) in [5.41, 5.74) is 5.49. The third-order valence-electron chi connectivity index (χ3n) is 2.72. The Bertz CT molecular complexity index is 469. The fourth-order valence-corrected chi connectivity index (χ4v) is 1.85. The number of carbonyl (C=O) groups excluding carboxylic acids is 1. The van der Waals surface area contributed by atoms with Crippen molar-refractivity contribution >= 4 is 40.7 Å². The van der Waals surface area contributed by atoms with Gasteiger partial charge >= 0.3 is 0 Å². The number of nitrogens with two attached hydrogens (primary N) is 1. The maximum atomic E-state index is 11.8. The standard InChI is InChI=1S/C12H15Cl3N2O2/c1-7(5-16)17(2)12(18)6-19-11-4-9(14)8(13)3-10(11)15/h3-4,7H,5-6,16H2,1-2H3. The van der Waals surface area contributed by atoms with Crippen LogP contribution < -0.4 is 10.5 Å². The lowest BCUT2D eigenvalue weighted by Crippen LogP contribution is -2.42. The van der Waals surface area contributed by atoms with Crippen LogP contribution in [0.2, 0.25) is 15.1 Å². The third kappa shape index (κ3) is 4.42. The predicted octanol–water partition coefficient (Wildman–Crippen LogP) is 2.83. The number of likely N-dealkylation sites (N-methyl/N-ethyl adjacent to an activating group) is 1. The second-order valence-electron chi connectivity index (χ2n) is 4.07. The van der Waals surface area contributed by atoms with Crippen molar-refractivity contribution in [2.24, 2.45) is 5.73 Å². The van der Waals surface area contributed by atoms with Crippen LogP contribution in [-0.4, -0.2) is 37.0 Å². The van der Waals surface area contributed by atoms with E-state index in [9.17, 15) is 4.79 Å². The lowest BCUT2D eigenvalue weighted by molar-refractivity contribution is -0.133. The molecule has 1 aromatic rings. The molecule has 4 nitrogen and oxygen atoms in total. The second kappa shape index (κ2) is 7.20. The zero-order chi connectivity index (χ0) is 14.6. The summed E-state index contributed by atoms with van der Waals surface area (Å²) in [4.78, 5) is 13.3. The van der Waals surface area contributed by atoms with Gasteiger partial charge in [-0.3, -0.25) is 4.79 Å². The van der Waals surface area contributed by atoms with Gasteiger partial charge < -0.3 is 15.4 Å². The van der Waals surface area contributed by atoms with Crippen LogP contribution in [0.5, 0.6) is 5.75 Å². The number of benzene rings is 1. The molecule has 0 heterocycles. The highest BCUT2D eigenvalue weighted by Crippen LogP contribution is 2.33. The highest BCUT2D eigenvalue weighted by Gasteiger charge is 2.16. The minimum absolute atomic E-state index is 0.0552. The Morgan fingerprint density at radius 1 is 1.32 bits per heavy atom. The fraction of sp³-hybridized carbons (Fsp3) is 0.417. The molecule has 0 saturated carbocycles. The summed E-state index contributed by atoms with van der Waals surface area (Å²) in [6.07, 6.45) is 0. The fourth-order valence-electron chi connectivity index (χ4n) is 1.26. The maximum absolute atomic E-state index is 11.8. The predicted molar refractivity (Wildman–Crippen MR) is 78.3 cm³/mol. The third-order valence-corrected chi connectivity index (χ3v) is 3.74. The number of nitrogens with zero attached hydrogens (tertiary/aromatic N) is 1. The van der Waals surface area contributed by atoms with Gasteiger partial charge in [-0.15, -0.1) is 0 Å². The smallest absolute Gasteiger partial charge is 0.260 e. The molecule has 1 amide bonds. The largest absolute Gasteiger partial charge is 0.482 e. The molecular formula is C12H15Cl3N2O2. The minimum Gasteiger partial charge on any atom is -0.482 e. The topological polar surface area (TPSA) is 55.6 Å². The van der Waals surface area contributed by atoms with Crippen molar-refractivity contribution in [2.45, 2.75) is 13.0 Å². The van der Waals surface area contributed by atoms with Crippen LogP contribution in [0.15, 0.2) is 12.1 Å². The van der Waals surface area contributed by atoms with Gasteiger partial charge in [0.05, 0.1) is 15.1 Å². The van der Waals surface area contributed by atoms with Crippen molar-refractivity contribution in [3.63, 3.8) is 0 Å². The molecular weight excluding hydrogens is 311 g/mol. The molecule has 0 bridgehead atoms. The van der Waals surface area contributed by atoms with Crippen LogP contribution in [0.1, 0.15) is 6.92 Å². The minimum atomic E-state index is -0.194. The van der Waals surface area contributed by atoms with Gasteiger partial charge in [-0.2, -0.15) is 0 Å². The van der Waals surface area contributed by atoms with Crippen LogP contribution in [0.4, 0.5) is 0 Å². The number of hydrogen-bond acceptors (Lipinski definition) is 3. The van der Waals surface area contributed by atoms with Crippen molar-refractivity contribution in [1.29, 1.82) is 0 Å². The number of ether oxygens (including phenoxy) is 1. The van der Waals surface area contributed by atoms with Gasteiger partial charge in [-0.25, -0.2) is 0 Å². The van der Waals surface area contributed by atoms with Crippen molar-refractivity contribution in [1.82, 2.24) is 4.90 Å². The number of hydrogen-bond donors (Lipinski definition) is 1. The van der Waals surface area contributed by atoms with E-state index in [0.29, 0.717) is 27.4 Å². The highest BCUT2D eigenvalue weighted by atomic mass is 35.5. The van der Waals surface area contributed by atoms with Crippen LogP contribution in [0.3, 0.4) is 0 Å². The summed E-state index contributed by atoms with van der Waals surface area (Å²) in [5, 5.41) is 0.952. The average Bonchev–Trinajstić information content (AvgIpc) is 2.39.